The van der Waals surface area contributed by atoms with Gasteiger partial charge in [0.2, 0.25) is 10.0 Å². The molecule has 1 aliphatic rings. The molecule has 0 aromatic heterocycles. The minimum atomic E-state index is -3.98. The standard InChI is InChI=1S/C18H26N4O5S/c1-9-8-10(2)12(4)15(11(9)3)28(26,27)22-13(5)16(23)20-21-18(25)17(24)19-14-6-7-14/h8,13-14,22H,6-7H2,1-5H3,(H,19,24)(H,20,23)(H,21,25)/t13-/m0/s1. The highest BCUT2D eigenvalue weighted by molar-refractivity contribution is 7.89. The predicted molar refractivity (Wildman–Crippen MR) is 103 cm³/mol. The maximum absolute atomic E-state index is 12.8. The highest BCUT2D eigenvalue weighted by Crippen LogP contribution is 2.26. The van der Waals surface area contributed by atoms with Crippen molar-refractivity contribution in [3.8, 4) is 0 Å². The zero-order valence-corrected chi connectivity index (χ0v) is 17.4. The lowest BCUT2D eigenvalue weighted by Crippen LogP contribution is -2.54. The summed E-state index contributed by atoms with van der Waals surface area (Å²) in [5, 5.41) is 2.48. The van der Waals surface area contributed by atoms with E-state index in [1.807, 2.05) is 25.3 Å². The van der Waals surface area contributed by atoms with Crippen LogP contribution in [0.5, 0.6) is 0 Å². The summed E-state index contributed by atoms with van der Waals surface area (Å²) < 4.78 is 28.0. The Morgan fingerprint density at radius 3 is 2.00 bits per heavy atom. The molecule has 3 amide bonds. The van der Waals surface area contributed by atoms with Gasteiger partial charge in [-0.25, -0.2) is 8.42 Å². The molecule has 4 N–H and O–H groups in total. The smallest absolute Gasteiger partial charge is 0.327 e. The Kier molecular flexibility index (Phi) is 6.45. The minimum Gasteiger partial charge on any atom is -0.345 e. The number of nitrogens with one attached hydrogen (secondary N) is 4. The maximum atomic E-state index is 12.8. The Morgan fingerprint density at radius 2 is 1.50 bits per heavy atom. The van der Waals surface area contributed by atoms with E-state index in [1.165, 1.54) is 6.92 Å². The van der Waals surface area contributed by atoms with E-state index in [4.69, 9.17) is 0 Å². The number of hydrogen-bond acceptors (Lipinski definition) is 5. The number of carbonyl (C=O) groups is 3. The molecule has 0 unspecified atom stereocenters. The van der Waals surface area contributed by atoms with E-state index >= 15 is 0 Å². The van der Waals surface area contributed by atoms with E-state index in [1.54, 1.807) is 13.8 Å². The first-order valence-corrected chi connectivity index (χ1v) is 10.4. The van der Waals surface area contributed by atoms with Crippen LogP contribution in [-0.4, -0.2) is 38.2 Å². The van der Waals surface area contributed by atoms with Gasteiger partial charge in [-0.1, -0.05) is 6.07 Å². The van der Waals surface area contributed by atoms with E-state index < -0.39 is 33.8 Å². The van der Waals surface area contributed by atoms with Crippen LogP contribution in [0.1, 0.15) is 42.0 Å². The molecule has 2 rings (SSSR count). The van der Waals surface area contributed by atoms with Crippen molar-refractivity contribution in [2.75, 3.05) is 0 Å². The lowest BCUT2D eigenvalue weighted by molar-refractivity contribution is -0.141. The lowest BCUT2D eigenvalue weighted by atomic mass is 10.0. The van der Waals surface area contributed by atoms with Crippen LogP contribution < -0.4 is 20.9 Å². The molecule has 1 aromatic carbocycles. The molecule has 9 nitrogen and oxygen atoms in total. The molecule has 1 aromatic rings. The summed E-state index contributed by atoms with van der Waals surface area (Å²) in [6, 6.07) is 0.738. The number of benzene rings is 1. The Morgan fingerprint density at radius 1 is 0.964 bits per heavy atom. The molecule has 154 valence electrons. The maximum Gasteiger partial charge on any atom is 0.327 e. The Hall–Kier alpha value is -2.46. The molecular formula is C18H26N4O5S. The van der Waals surface area contributed by atoms with Crippen molar-refractivity contribution in [1.29, 1.82) is 0 Å². The van der Waals surface area contributed by atoms with Crippen molar-refractivity contribution in [2.24, 2.45) is 0 Å². The van der Waals surface area contributed by atoms with Crippen LogP contribution in [0, 0.1) is 27.7 Å². The number of hydrazine groups is 1. The molecule has 0 radical (unpaired) electrons. The molecule has 0 heterocycles. The summed E-state index contributed by atoms with van der Waals surface area (Å²) in [7, 11) is -3.98. The molecule has 0 aliphatic heterocycles. The van der Waals surface area contributed by atoms with Gasteiger partial charge >= 0.3 is 11.8 Å². The molecule has 0 bridgehead atoms. The Labute approximate surface area is 164 Å². The van der Waals surface area contributed by atoms with Gasteiger partial charge in [0.25, 0.3) is 5.91 Å². The van der Waals surface area contributed by atoms with Gasteiger partial charge in [0.05, 0.1) is 10.9 Å². The normalized spacial score (nSPS) is 14.9. The molecule has 0 spiro atoms. The van der Waals surface area contributed by atoms with Crippen molar-refractivity contribution < 1.29 is 22.8 Å². The molecule has 0 saturated heterocycles. The fourth-order valence-corrected chi connectivity index (χ4v) is 4.51. The van der Waals surface area contributed by atoms with Gasteiger partial charge in [-0.15, -0.1) is 0 Å². The summed E-state index contributed by atoms with van der Waals surface area (Å²) >= 11 is 0. The van der Waals surface area contributed by atoms with E-state index in [0.717, 1.165) is 24.0 Å². The summed E-state index contributed by atoms with van der Waals surface area (Å²) in [5.74, 6) is -2.66. The third-order valence-electron chi connectivity index (χ3n) is 4.71. The molecule has 10 heteroatoms. The fourth-order valence-electron chi connectivity index (χ4n) is 2.69. The quantitative estimate of drug-likeness (QED) is 0.401. The number of carbonyl (C=O) groups excluding carboxylic acids is 3. The van der Waals surface area contributed by atoms with Gasteiger partial charge in [0, 0.05) is 6.04 Å². The topological polar surface area (TPSA) is 133 Å². The van der Waals surface area contributed by atoms with Crippen LogP contribution in [0.3, 0.4) is 0 Å². The van der Waals surface area contributed by atoms with Crippen LogP contribution in [0.25, 0.3) is 0 Å². The molecule has 1 aliphatic carbocycles. The summed E-state index contributed by atoms with van der Waals surface area (Å²) in [6.07, 6.45) is 1.64. The zero-order chi connectivity index (χ0) is 21.2. The molecule has 1 atom stereocenters. The van der Waals surface area contributed by atoms with E-state index in [0.29, 0.717) is 11.1 Å². The predicted octanol–water partition coefficient (Wildman–Crippen LogP) is 0.0131. The fraction of sp³-hybridized carbons (Fsp3) is 0.500. The van der Waals surface area contributed by atoms with Gasteiger partial charge < -0.3 is 5.32 Å². The van der Waals surface area contributed by atoms with Gasteiger partial charge in [-0.3, -0.25) is 25.2 Å². The van der Waals surface area contributed by atoms with Gasteiger partial charge in [-0.05, 0) is 69.7 Å². The lowest BCUT2D eigenvalue weighted by Gasteiger charge is -2.19. The van der Waals surface area contributed by atoms with Crippen LogP contribution in [-0.2, 0) is 24.4 Å². The SMILES string of the molecule is Cc1cc(C)c(C)c(S(=O)(=O)N[C@@H](C)C(=O)NNC(=O)C(=O)NC2CC2)c1C. The minimum absolute atomic E-state index is 0.00366. The van der Waals surface area contributed by atoms with Gasteiger partial charge in [-0.2, -0.15) is 4.72 Å². The zero-order valence-electron chi connectivity index (χ0n) is 16.6. The molecular weight excluding hydrogens is 384 g/mol. The second-order valence-corrected chi connectivity index (χ2v) is 8.77. The molecule has 1 saturated carbocycles. The largest absolute Gasteiger partial charge is 0.345 e. The summed E-state index contributed by atoms with van der Waals surface area (Å²) in [5.41, 5.74) is 6.90. The van der Waals surface area contributed by atoms with Gasteiger partial charge in [0.1, 0.15) is 0 Å². The first-order chi connectivity index (χ1) is 12.9. The van der Waals surface area contributed by atoms with Crippen molar-refractivity contribution in [1.82, 2.24) is 20.9 Å². The number of amides is 3. The summed E-state index contributed by atoms with van der Waals surface area (Å²) in [4.78, 5) is 35.4. The highest BCUT2D eigenvalue weighted by atomic mass is 32.2. The van der Waals surface area contributed by atoms with Crippen LogP contribution in [0.4, 0.5) is 0 Å². The first-order valence-electron chi connectivity index (χ1n) is 8.94. The molecule has 1 fully saturated rings. The molecule has 28 heavy (non-hydrogen) atoms. The van der Waals surface area contributed by atoms with Crippen molar-refractivity contribution >= 4 is 27.7 Å². The van der Waals surface area contributed by atoms with Crippen LogP contribution >= 0.6 is 0 Å². The first kappa shape index (κ1) is 21.8. The number of sulfonamides is 1. The Bertz CT molecular complexity index is 896. The van der Waals surface area contributed by atoms with E-state index in [9.17, 15) is 22.8 Å². The van der Waals surface area contributed by atoms with Crippen LogP contribution in [0.2, 0.25) is 0 Å². The van der Waals surface area contributed by atoms with Crippen molar-refractivity contribution in [2.45, 2.75) is 64.4 Å². The third-order valence-corrected chi connectivity index (χ3v) is 6.52. The van der Waals surface area contributed by atoms with Crippen molar-refractivity contribution in [3.63, 3.8) is 0 Å². The van der Waals surface area contributed by atoms with E-state index in [2.05, 4.69) is 15.5 Å². The van der Waals surface area contributed by atoms with Gasteiger partial charge in [0.15, 0.2) is 0 Å². The number of hydrogen-bond donors (Lipinski definition) is 4. The monoisotopic (exact) mass is 410 g/mol. The average molecular weight is 410 g/mol. The third kappa shape index (κ3) is 5.08. The Balaban J connectivity index is 2.03. The van der Waals surface area contributed by atoms with E-state index in [-0.39, 0.29) is 10.9 Å². The highest BCUT2D eigenvalue weighted by Gasteiger charge is 2.28. The average Bonchev–Trinajstić information content (AvgIpc) is 3.40. The number of rotatable bonds is 5. The van der Waals surface area contributed by atoms with Crippen LogP contribution in [0.15, 0.2) is 11.0 Å². The summed E-state index contributed by atoms with van der Waals surface area (Å²) in [6.45, 7) is 8.40. The second kappa shape index (κ2) is 8.27. The second-order valence-electron chi connectivity index (χ2n) is 7.12. The number of aryl methyl sites for hydroxylation is 2. The van der Waals surface area contributed by atoms with Crippen molar-refractivity contribution in [3.05, 3.63) is 28.3 Å².